The van der Waals surface area contributed by atoms with E-state index in [4.69, 9.17) is 21.6 Å². The van der Waals surface area contributed by atoms with Crippen LogP contribution in [0.25, 0.3) is 0 Å². The first-order chi connectivity index (χ1) is 11.5. The van der Waals surface area contributed by atoms with Crippen LogP contribution in [0.15, 0.2) is 42.5 Å². The molecule has 2 aromatic carbocycles. The first kappa shape index (κ1) is 17.0. The Labute approximate surface area is 148 Å². The van der Waals surface area contributed by atoms with Gasteiger partial charge in [0.2, 0.25) is 0 Å². The fourth-order valence-corrected chi connectivity index (χ4v) is 3.53. The van der Waals surface area contributed by atoms with Crippen molar-refractivity contribution < 1.29 is 4.74 Å². The van der Waals surface area contributed by atoms with Crippen molar-refractivity contribution in [1.29, 1.82) is 5.26 Å². The molecule has 3 rings (SSSR count). The fraction of sp³-hybridized carbons (Fsp3) is 0.350. The molecule has 1 heterocycles. The van der Waals surface area contributed by atoms with E-state index in [1.165, 1.54) is 5.56 Å². The summed E-state index contributed by atoms with van der Waals surface area (Å²) in [4.78, 5) is 2.18. The molecular weight excluding hydrogens is 320 g/mol. The van der Waals surface area contributed by atoms with Gasteiger partial charge in [0.1, 0.15) is 5.60 Å². The molecule has 0 spiro atoms. The summed E-state index contributed by atoms with van der Waals surface area (Å²) >= 11 is 6.07. The second kappa shape index (κ2) is 6.94. The van der Waals surface area contributed by atoms with Crippen LogP contribution >= 0.6 is 11.6 Å². The third kappa shape index (κ3) is 3.18. The maximum absolute atomic E-state index is 9.14. The topological polar surface area (TPSA) is 36.3 Å². The van der Waals surface area contributed by atoms with Crippen LogP contribution in [0.3, 0.4) is 0 Å². The van der Waals surface area contributed by atoms with E-state index in [0.29, 0.717) is 12.2 Å². The van der Waals surface area contributed by atoms with Gasteiger partial charge in [-0.1, -0.05) is 29.8 Å². The minimum atomic E-state index is -0.454. The second-order valence-electron chi connectivity index (χ2n) is 6.51. The Balaban J connectivity index is 2.02. The van der Waals surface area contributed by atoms with Crippen molar-refractivity contribution in [1.82, 2.24) is 4.90 Å². The summed E-state index contributed by atoms with van der Waals surface area (Å²) in [5.74, 6) is 0. The van der Waals surface area contributed by atoms with Crippen LogP contribution in [0.1, 0.15) is 35.1 Å². The summed E-state index contributed by atoms with van der Waals surface area (Å²) in [6.07, 6.45) is 1.92. The van der Waals surface area contributed by atoms with E-state index >= 15 is 0 Å². The van der Waals surface area contributed by atoms with Gasteiger partial charge in [0.15, 0.2) is 0 Å². The van der Waals surface area contributed by atoms with Crippen molar-refractivity contribution in [3.8, 4) is 6.07 Å². The van der Waals surface area contributed by atoms with Gasteiger partial charge < -0.3 is 9.64 Å². The fourth-order valence-electron chi connectivity index (χ4n) is 3.41. The number of hydrogen-bond acceptors (Lipinski definition) is 3. The monoisotopic (exact) mass is 340 g/mol. The molecule has 4 heteroatoms. The molecule has 0 aliphatic carbocycles. The molecule has 0 fully saturated rings. The van der Waals surface area contributed by atoms with Gasteiger partial charge in [-0.05, 0) is 74.4 Å². The molecular formula is C20H21ClN2O. The van der Waals surface area contributed by atoms with E-state index in [9.17, 15) is 0 Å². The number of rotatable bonds is 5. The molecule has 0 N–H and O–H groups in total. The highest BCUT2D eigenvalue weighted by molar-refractivity contribution is 6.30. The van der Waals surface area contributed by atoms with E-state index < -0.39 is 5.60 Å². The summed E-state index contributed by atoms with van der Waals surface area (Å²) < 4.78 is 6.35. The Morgan fingerprint density at radius 1 is 1.21 bits per heavy atom. The number of nitrogens with zero attached hydrogens (tertiary/aromatic N) is 2. The van der Waals surface area contributed by atoms with Crippen LogP contribution in [0.4, 0.5) is 0 Å². The Hall–Kier alpha value is -1.86. The van der Waals surface area contributed by atoms with Gasteiger partial charge in [-0.25, -0.2) is 0 Å². The molecule has 2 aromatic rings. The van der Waals surface area contributed by atoms with Gasteiger partial charge in [0.25, 0.3) is 0 Å². The maximum Gasteiger partial charge on any atom is 0.119 e. The Kier molecular flexibility index (Phi) is 4.91. The summed E-state index contributed by atoms with van der Waals surface area (Å²) in [7, 11) is 4.16. The molecule has 0 unspecified atom stereocenters. The summed E-state index contributed by atoms with van der Waals surface area (Å²) in [6.45, 7) is 1.54. The number of nitriles is 1. The third-order valence-corrected chi connectivity index (χ3v) is 4.84. The van der Waals surface area contributed by atoms with Crippen molar-refractivity contribution in [2.75, 3.05) is 20.6 Å². The van der Waals surface area contributed by atoms with Gasteiger partial charge in [0, 0.05) is 5.02 Å². The average molecular weight is 341 g/mol. The standard InChI is InChI=1S/C20H21ClN2O/c1-23(2)11-3-10-20(17-5-7-18(21)8-6-17)19-9-4-15(13-22)12-16(19)14-24-20/h4-9,12H,3,10-11,14H2,1-2H3/t20-/m0/s1. The average Bonchev–Trinajstić information content (AvgIpc) is 2.94. The maximum atomic E-state index is 9.14. The molecule has 24 heavy (non-hydrogen) atoms. The zero-order valence-corrected chi connectivity index (χ0v) is 14.8. The Morgan fingerprint density at radius 3 is 2.62 bits per heavy atom. The summed E-state index contributed by atoms with van der Waals surface area (Å²) in [5.41, 5.74) is 3.62. The number of benzene rings is 2. The van der Waals surface area contributed by atoms with E-state index in [1.54, 1.807) is 0 Å². The second-order valence-corrected chi connectivity index (χ2v) is 6.95. The Morgan fingerprint density at radius 2 is 1.96 bits per heavy atom. The van der Waals surface area contributed by atoms with Crippen LogP contribution in [0.5, 0.6) is 0 Å². The minimum absolute atomic E-state index is 0.454. The van der Waals surface area contributed by atoms with Crippen molar-refractivity contribution >= 4 is 11.6 Å². The van der Waals surface area contributed by atoms with Crippen molar-refractivity contribution in [2.45, 2.75) is 25.0 Å². The van der Waals surface area contributed by atoms with Gasteiger partial charge in [-0.3, -0.25) is 0 Å². The molecule has 0 bridgehead atoms. The Bertz CT molecular complexity index is 764. The largest absolute Gasteiger partial charge is 0.361 e. The van der Waals surface area contributed by atoms with E-state index in [1.807, 2.05) is 42.5 Å². The van der Waals surface area contributed by atoms with Crippen LogP contribution < -0.4 is 0 Å². The lowest BCUT2D eigenvalue weighted by atomic mass is 9.81. The zero-order chi connectivity index (χ0) is 17.2. The molecule has 0 saturated heterocycles. The SMILES string of the molecule is CN(C)CCC[C@@]1(c2ccc(Cl)cc2)OCc2cc(C#N)ccc21. The van der Waals surface area contributed by atoms with Gasteiger partial charge in [-0.15, -0.1) is 0 Å². The smallest absolute Gasteiger partial charge is 0.119 e. The van der Waals surface area contributed by atoms with Gasteiger partial charge in [-0.2, -0.15) is 5.26 Å². The highest BCUT2D eigenvalue weighted by Gasteiger charge is 2.41. The first-order valence-corrected chi connectivity index (χ1v) is 8.51. The number of hydrogen-bond donors (Lipinski definition) is 0. The molecule has 1 aliphatic heterocycles. The lowest BCUT2D eigenvalue weighted by molar-refractivity contribution is -0.0139. The highest BCUT2D eigenvalue weighted by atomic mass is 35.5. The number of halogens is 1. The molecule has 1 atom stereocenters. The van der Waals surface area contributed by atoms with E-state index in [-0.39, 0.29) is 0 Å². The molecule has 0 aromatic heterocycles. The molecule has 0 radical (unpaired) electrons. The van der Waals surface area contributed by atoms with Crippen molar-refractivity contribution in [3.63, 3.8) is 0 Å². The lowest BCUT2D eigenvalue weighted by Crippen LogP contribution is -2.28. The highest BCUT2D eigenvalue weighted by Crippen LogP contribution is 2.45. The van der Waals surface area contributed by atoms with Crippen molar-refractivity contribution in [3.05, 3.63) is 69.7 Å². The number of fused-ring (bicyclic) bond motifs is 1. The predicted molar refractivity (Wildman–Crippen MR) is 96.0 cm³/mol. The molecule has 3 nitrogen and oxygen atoms in total. The summed E-state index contributed by atoms with van der Waals surface area (Å²) in [6, 6.07) is 16.0. The zero-order valence-electron chi connectivity index (χ0n) is 14.1. The van der Waals surface area contributed by atoms with E-state index in [0.717, 1.165) is 35.5 Å². The quantitative estimate of drug-likeness (QED) is 0.813. The lowest BCUT2D eigenvalue weighted by Gasteiger charge is -2.31. The molecule has 0 amide bonds. The third-order valence-electron chi connectivity index (χ3n) is 4.59. The van der Waals surface area contributed by atoms with Crippen LogP contribution in [-0.4, -0.2) is 25.5 Å². The van der Waals surface area contributed by atoms with Crippen molar-refractivity contribution in [2.24, 2.45) is 0 Å². The number of ether oxygens (including phenoxy) is 1. The van der Waals surface area contributed by atoms with E-state index in [2.05, 4.69) is 25.1 Å². The van der Waals surface area contributed by atoms with Gasteiger partial charge in [0.05, 0.1) is 18.2 Å². The predicted octanol–water partition coefficient (Wildman–Crippen LogP) is 4.33. The van der Waals surface area contributed by atoms with Crippen LogP contribution in [0, 0.1) is 11.3 Å². The van der Waals surface area contributed by atoms with Gasteiger partial charge >= 0.3 is 0 Å². The normalized spacial score (nSPS) is 19.3. The first-order valence-electron chi connectivity index (χ1n) is 8.13. The molecule has 1 aliphatic rings. The summed E-state index contributed by atoms with van der Waals surface area (Å²) in [5, 5.41) is 9.86. The van der Waals surface area contributed by atoms with Crippen LogP contribution in [-0.2, 0) is 16.9 Å². The van der Waals surface area contributed by atoms with Crippen LogP contribution in [0.2, 0.25) is 5.02 Å². The molecule has 124 valence electrons. The molecule has 0 saturated carbocycles. The minimum Gasteiger partial charge on any atom is -0.361 e.